The average Bonchev–Trinajstić information content (AvgIpc) is 2.29. The third-order valence-corrected chi connectivity index (χ3v) is 3.76. The van der Waals surface area contributed by atoms with Crippen molar-refractivity contribution in [2.75, 3.05) is 18.0 Å². The van der Waals surface area contributed by atoms with E-state index in [0.717, 1.165) is 30.4 Å². The molecule has 3 nitrogen and oxygen atoms in total. The van der Waals surface area contributed by atoms with Crippen molar-refractivity contribution in [3.05, 3.63) is 23.0 Å². The quantitative estimate of drug-likeness (QED) is 0.853. The minimum Gasteiger partial charge on any atom is -0.371 e. The summed E-state index contributed by atoms with van der Waals surface area (Å²) < 4.78 is 0. The van der Waals surface area contributed by atoms with Crippen LogP contribution >= 0.6 is 0 Å². The molecule has 2 rings (SSSR count). The van der Waals surface area contributed by atoms with Crippen LogP contribution < -0.4 is 10.6 Å². The summed E-state index contributed by atoms with van der Waals surface area (Å²) in [7, 11) is 0. The van der Waals surface area contributed by atoms with Crippen LogP contribution in [0.4, 0.5) is 5.69 Å². The number of rotatable bonds is 2. The number of hydrogen-bond acceptors (Lipinski definition) is 3. The Morgan fingerprint density at radius 1 is 1.35 bits per heavy atom. The second-order valence-corrected chi connectivity index (χ2v) is 5.22. The first-order valence-corrected chi connectivity index (χ1v) is 6.54. The van der Waals surface area contributed by atoms with E-state index in [-0.39, 0.29) is 0 Å². The standard InChI is InChI=1S/C14H23N3/c1-10-4-6-17(7-5-10)14-8-11(2)16-12(3)13(14)9-15/h8,10H,4-7,9,15H2,1-3H3. The number of anilines is 1. The molecule has 17 heavy (non-hydrogen) atoms. The SMILES string of the molecule is Cc1cc(N2CCC(C)CC2)c(CN)c(C)n1. The number of aryl methyl sites for hydroxylation is 2. The fraction of sp³-hybridized carbons (Fsp3) is 0.643. The lowest BCUT2D eigenvalue weighted by Gasteiger charge is -2.34. The maximum Gasteiger partial charge on any atom is 0.0448 e. The Hall–Kier alpha value is -1.09. The van der Waals surface area contributed by atoms with Gasteiger partial charge in [-0.05, 0) is 38.7 Å². The monoisotopic (exact) mass is 233 g/mol. The maximum absolute atomic E-state index is 5.87. The van der Waals surface area contributed by atoms with Crippen molar-refractivity contribution in [2.24, 2.45) is 11.7 Å². The third kappa shape index (κ3) is 2.60. The van der Waals surface area contributed by atoms with Crippen molar-refractivity contribution in [3.63, 3.8) is 0 Å². The molecule has 1 saturated heterocycles. The lowest BCUT2D eigenvalue weighted by molar-refractivity contribution is 0.438. The van der Waals surface area contributed by atoms with E-state index in [0.29, 0.717) is 6.54 Å². The zero-order valence-electron chi connectivity index (χ0n) is 11.2. The molecule has 1 fully saturated rings. The smallest absolute Gasteiger partial charge is 0.0448 e. The van der Waals surface area contributed by atoms with Crippen molar-refractivity contribution < 1.29 is 0 Å². The molecular formula is C14H23N3. The normalized spacial score (nSPS) is 17.5. The number of aromatic nitrogens is 1. The first-order chi connectivity index (χ1) is 8.11. The van der Waals surface area contributed by atoms with Crippen molar-refractivity contribution in [1.29, 1.82) is 0 Å². The number of nitrogens with two attached hydrogens (primary N) is 1. The second kappa shape index (κ2) is 5.05. The van der Waals surface area contributed by atoms with Gasteiger partial charge in [-0.1, -0.05) is 6.92 Å². The van der Waals surface area contributed by atoms with Gasteiger partial charge in [-0.2, -0.15) is 0 Å². The number of hydrogen-bond donors (Lipinski definition) is 1. The molecule has 94 valence electrons. The summed E-state index contributed by atoms with van der Waals surface area (Å²) in [5.41, 5.74) is 10.6. The summed E-state index contributed by atoms with van der Waals surface area (Å²) in [6.45, 7) is 9.34. The van der Waals surface area contributed by atoms with Gasteiger partial charge in [0.2, 0.25) is 0 Å². The van der Waals surface area contributed by atoms with Crippen LogP contribution in [0, 0.1) is 19.8 Å². The minimum atomic E-state index is 0.584. The van der Waals surface area contributed by atoms with Gasteiger partial charge in [-0.25, -0.2) is 0 Å². The summed E-state index contributed by atoms with van der Waals surface area (Å²) in [5.74, 6) is 0.858. The summed E-state index contributed by atoms with van der Waals surface area (Å²) in [6.07, 6.45) is 2.56. The van der Waals surface area contributed by atoms with E-state index in [9.17, 15) is 0 Å². The molecular weight excluding hydrogens is 210 g/mol. The molecule has 0 radical (unpaired) electrons. The first-order valence-electron chi connectivity index (χ1n) is 6.54. The Balaban J connectivity index is 2.30. The Labute approximate surface area is 104 Å². The average molecular weight is 233 g/mol. The molecule has 1 aromatic heterocycles. The summed E-state index contributed by atoms with van der Waals surface area (Å²) >= 11 is 0. The summed E-state index contributed by atoms with van der Waals surface area (Å²) in [6, 6.07) is 2.19. The van der Waals surface area contributed by atoms with E-state index in [4.69, 9.17) is 5.73 Å². The Morgan fingerprint density at radius 2 is 2.00 bits per heavy atom. The van der Waals surface area contributed by atoms with Crippen molar-refractivity contribution >= 4 is 5.69 Å². The van der Waals surface area contributed by atoms with Gasteiger partial charge in [0, 0.05) is 42.3 Å². The van der Waals surface area contributed by atoms with Crippen LogP contribution in [0.2, 0.25) is 0 Å². The predicted molar refractivity (Wildman–Crippen MR) is 72.2 cm³/mol. The molecule has 0 spiro atoms. The zero-order valence-corrected chi connectivity index (χ0v) is 11.2. The van der Waals surface area contributed by atoms with Gasteiger partial charge in [-0.15, -0.1) is 0 Å². The third-order valence-electron chi connectivity index (χ3n) is 3.76. The highest BCUT2D eigenvalue weighted by molar-refractivity contribution is 5.56. The molecule has 3 heteroatoms. The fourth-order valence-electron chi connectivity index (χ4n) is 2.62. The van der Waals surface area contributed by atoms with Gasteiger partial charge >= 0.3 is 0 Å². The largest absolute Gasteiger partial charge is 0.371 e. The fourth-order valence-corrected chi connectivity index (χ4v) is 2.62. The summed E-state index contributed by atoms with van der Waals surface area (Å²) in [4.78, 5) is 6.98. The van der Waals surface area contributed by atoms with E-state index in [1.807, 2.05) is 0 Å². The van der Waals surface area contributed by atoms with E-state index in [1.54, 1.807) is 0 Å². The molecule has 0 unspecified atom stereocenters. The first kappa shape index (κ1) is 12.4. The van der Waals surface area contributed by atoms with Crippen LogP contribution in [0.25, 0.3) is 0 Å². The van der Waals surface area contributed by atoms with Crippen molar-refractivity contribution in [2.45, 2.75) is 40.2 Å². The van der Waals surface area contributed by atoms with Crippen LogP contribution in [0.1, 0.15) is 36.7 Å². The highest BCUT2D eigenvalue weighted by Crippen LogP contribution is 2.28. The van der Waals surface area contributed by atoms with Gasteiger partial charge in [0.05, 0.1) is 0 Å². The van der Waals surface area contributed by atoms with E-state index >= 15 is 0 Å². The molecule has 2 heterocycles. The van der Waals surface area contributed by atoms with E-state index in [2.05, 4.69) is 36.7 Å². The second-order valence-electron chi connectivity index (χ2n) is 5.22. The number of piperidine rings is 1. The zero-order chi connectivity index (χ0) is 12.4. The van der Waals surface area contributed by atoms with Gasteiger partial charge < -0.3 is 10.6 Å². The Morgan fingerprint density at radius 3 is 2.59 bits per heavy atom. The van der Waals surface area contributed by atoms with Crippen LogP contribution in [0.5, 0.6) is 0 Å². The van der Waals surface area contributed by atoms with Crippen LogP contribution in [0.3, 0.4) is 0 Å². The van der Waals surface area contributed by atoms with Crippen LogP contribution in [-0.4, -0.2) is 18.1 Å². The van der Waals surface area contributed by atoms with Crippen LogP contribution in [-0.2, 0) is 6.54 Å². The molecule has 1 aromatic rings. The van der Waals surface area contributed by atoms with Crippen molar-refractivity contribution in [1.82, 2.24) is 4.98 Å². The highest BCUT2D eigenvalue weighted by Gasteiger charge is 2.19. The Kier molecular flexibility index (Phi) is 3.67. The van der Waals surface area contributed by atoms with Gasteiger partial charge in [-0.3, -0.25) is 4.98 Å². The lowest BCUT2D eigenvalue weighted by Crippen LogP contribution is -2.34. The van der Waals surface area contributed by atoms with Gasteiger partial charge in [0.15, 0.2) is 0 Å². The molecule has 2 N–H and O–H groups in total. The molecule has 0 atom stereocenters. The number of pyridine rings is 1. The van der Waals surface area contributed by atoms with Crippen LogP contribution in [0.15, 0.2) is 6.07 Å². The van der Waals surface area contributed by atoms with E-state index < -0.39 is 0 Å². The van der Waals surface area contributed by atoms with Gasteiger partial charge in [0.25, 0.3) is 0 Å². The minimum absolute atomic E-state index is 0.584. The van der Waals surface area contributed by atoms with Gasteiger partial charge in [0.1, 0.15) is 0 Å². The molecule has 1 aliphatic heterocycles. The molecule has 0 aromatic carbocycles. The number of nitrogens with zero attached hydrogens (tertiary/aromatic N) is 2. The Bertz CT molecular complexity index is 393. The molecule has 0 bridgehead atoms. The molecule has 0 amide bonds. The molecule has 0 aliphatic carbocycles. The highest BCUT2D eigenvalue weighted by atomic mass is 15.1. The molecule has 1 aliphatic rings. The lowest BCUT2D eigenvalue weighted by atomic mass is 9.98. The molecule has 0 saturated carbocycles. The summed E-state index contributed by atoms with van der Waals surface area (Å²) in [5, 5.41) is 0. The van der Waals surface area contributed by atoms with Crippen molar-refractivity contribution in [3.8, 4) is 0 Å². The predicted octanol–water partition coefficient (Wildman–Crippen LogP) is 2.39. The van der Waals surface area contributed by atoms with E-state index in [1.165, 1.54) is 24.1 Å². The maximum atomic E-state index is 5.87. The topological polar surface area (TPSA) is 42.1 Å².